The Morgan fingerprint density at radius 1 is 1.15 bits per heavy atom. The summed E-state index contributed by atoms with van der Waals surface area (Å²) in [6.45, 7) is 7.71. The van der Waals surface area contributed by atoms with E-state index < -0.39 is 0 Å². The highest BCUT2D eigenvalue weighted by Crippen LogP contribution is 2.76. The lowest BCUT2D eigenvalue weighted by Gasteiger charge is -2.41. The fourth-order valence-corrected chi connectivity index (χ4v) is 7.28. The van der Waals surface area contributed by atoms with E-state index >= 15 is 0 Å². The molecule has 1 aromatic carbocycles. The van der Waals surface area contributed by atoms with E-state index in [1.54, 1.807) is 0 Å². The number of carbonyl (C=O) groups is 1. The van der Waals surface area contributed by atoms with Crippen LogP contribution in [0.3, 0.4) is 0 Å². The van der Waals surface area contributed by atoms with Gasteiger partial charge in [0.1, 0.15) is 0 Å². The minimum Gasteiger partial charge on any atom is -0.379 e. The molecule has 4 nitrogen and oxygen atoms in total. The van der Waals surface area contributed by atoms with Gasteiger partial charge in [-0.25, -0.2) is 0 Å². The van der Waals surface area contributed by atoms with Crippen LogP contribution in [0.15, 0.2) is 30.3 Å². The molecule has 4 atom stereocenters. The van der Waals surface area contributed by atoms with E-state index in [1.165, 1.54) is 24.8 Å². The van der Waals surface area contributed by atoms with Gasteiger partial charge in [0, 0.05) is 26.2 Å². The number of nitrogens with zero attached hydrogens (tertiary/aromatic N) is 1. The summed E-state index contributed by atoms with van der Waals surface area (Å²) in [5, 5.41) is 3.35. The van der Waals surface area contributed by atoms with Gasteiger partial charge in [0.05, 0.1) is 18.6 Å². The van der Waals surface area contributed by atoms with Crippen LogP contribution < -0.4 is 5.32 Å². The lowest BCUT2D eigenvalue weighted by molar-refractivity contribution is -0.135. The van der Waals surface area contributed by atoms with Gasteiger partial charge in [-0.1, -0.05) is 37.3 Å². The average Bonchev–Trinajstić information content (AvgIpc) is 3.00. The molecule has 5 fully saturated rings. The molecule has 1 saturated heterocycles. The Bertz CT molecular complexity index is 716. The number of hydrogen-bond acceptors (Lipinski definition) is 3. The third kappa shape index (κ3) is 2.67. The van der Waals surface area contributed by atoms with Gasteiger partial charge in [0.25, 0.3) is 0 Å². The Labute approximate surface area is 162 Å². The molecule has 0 spiro atoms. The van der Waals surface area contributed by atoms with Crippen LogP contribution >= 0.6 is 0 Å². The van der Waals surface area contributed by atoms with Crippen LogP contribution in [0, 0.1) is 16.7 Å². The van der Waals surface area contributed by atoms with Gasteiger partial charge in [-0.2, -0.15) is 0 Å². The quantitative estimate of drug-likeness (QED) is 0.869. The average molecular weight is 369 g/mol. The van der Waals surface area contributed by atoms with Crippen LogP contribution in [0.1, 0.15) is 44.6 Å². The minimum atomic E-state index is -0.156. The predicted octanol–water partition coefficient (Wildman–Crippen LogP) is 2.97. The van der Waals surface area contributed by atoms with Gasteiger partial charge in [-0.05, 0) is 54.4 Å². The number of rotatable bonds is 5. The molecule has 27 heavy (non-hydrogen) atoms. The molecule has 4 aliphatic carbocycles. The van der Waals surface area contributed by atoms with Crippen LogP contribution in [0.2, 0.25) is 0 Å². The fraction of sp³-hybridized carbons (Fsp3) is 0.696. The third-order valence-corrected chi connectivity index (χ3v) is 8.22. The summed E-state index contributed by atoms with van der Waals surface area (Å²) in [5.74, 6) is 1.04. The molecule has 4 bridgehead atoms. The van der Waals surface area contributed by atoms with E-state index in [9.17, 15) is 4.79 Å². The van der Waals surface area contributed by atoms with Gasteiger partial charge in [-0.15, -0.1) is 0 Å². The predicted molar refractivity (Wildman–Crippen MR) is 106 cm³/mol. The van der Waals surface area contributed by atoms with Gasteiger partial charge in [0.15, 0.2) is 0 Å². The van der Waals surface area contributed by atoms with Crippen LogP contribution in [-0.2, 0) is 14.9 Å². The molecule has 1 aromatic rings. The maximum atomic E-state index is 13.5. The molecular weight excluding hydrogens is 336 g/mol. The van der Waals surface area contributed by atoms with Crippen molar-refractivity contribution < 1.29 is 9.53 Å². The first-order valence-corrected chi connectivity index (χ1v) is 10.7. The summed E-state index contributed by atoms with van der Waals surface area (Å²) in [5.41, 5.74) is 1.69. The highest BCUT2D eigenvalue weighted by atomic mass is 16.5. The van der Waals surface area contributed by atoms with E-state index in [0.717, 1.165) is 52.2 Å². The number of ether oxygens (including phenoxy) is 1. The first kappa shape index (κ1) is 17.7. The summed E-state index contributed by atoms with van der Waals surface area (Å²) in [4.78, 5) is 15.9. The zero-order valence-corrected chi connectivity index (χ0v) is 16.5. The fourth-order valence-electron chi connectivity index (χ4n) is 7.28. The molecule has 4 unspecified atom stereocenters. The number of carbonyl (C=O) groups excluding carboxylic acids is 1. The normalized spacial score (nSPS) is 40.4. The van der Waals surface area contributed by atoms with E-state index in [1.807, 2.05) is 0 Å². The second-order valence-electron chi connectivity index (χ2n) is 9.83. The largest absolute Gasteiger partial charge is 0.379 e. The first-order valence-electron chi connectivity index (χ1n) is 10.7. The number of nitrogens with one attached hydrogen (secondary N) is 1. The zero-order chi connectivity index (χ0) is 18.5. The molecule has 0 aromatic heterocycles. The standard InChI is InChI=1S/C23H32N2O2/c1-21-13-18-14-22(16-21,19-5-3-2-4-6-19)17-23(21,15-18)20(26)24-7-8-25-9-11-27-12-10-25/h2-6,18H,7-17H2,1H3,(H,24,26). The second kappa shape index (κ2) is 6.31. The molecule has 6 rings (SSSR count). The van der Waals surface area contributed by atoms with Crippen LogP contribution in [0.4, 0.5) is 0 Å². The maximum Gasteiger partial charge on any atom is 0.226 e. The van der Waals surface area contributed by atoms with Gasteiger partial charge in [-0.3, -0.25) is 9.69 Å². The second-order valence-corrected chi connectivity index (χ2v) is 9.83. The van der Waals surface area contributed by atoms with Crippen molar-refractivity contribution in [2.24, 2.45) is 16.7 Å². The summed E-state index contributed by atoms with van der Waals surface area (Å²) < 4.78 is 5.42. The van der Waals surface area contributed by atoms with Gasteiger partial charge >= 0.3 is 0 Å². The van der Waals surface area contributed by atoms with Crippen LogP contribution in [0.25, 0.3) is 0 Å². The van der Waals surface area contributed by atoms with Crippen LogP contribution in [-0.4, -0.2) is 50.2 Å². The molecule has 1 heterocycles. The van der Waals surface area contributed by atoms with Crippen molar-refractivity contribution in [3.05, 3.63) is 35.9 Å². The number of amides is 1. The van der Waals surface area contributed by atoms with Gasteiger partial charge in [0.2, 0.25) is 5.91 Å². The summed E-state index contributed by atoms with van der Waals surface area (Å²) in [7, 11) is 0. The monoisotopic (exact) mass is 368 g/mol. The highest BCUT2D eigenvalue weighted by Gasteiger charge is 2.72. The minimum absolute atomic E-state index is 0.156. The molecule has 1 amide bonds. The lowest BCUT2D eigenvalue weighted by Crippen LogP contribution is -2.48. The molecular formula is C23H32N2O2. The molecule has 4 saturated carbocycles. The molecule has 5 aliphatic rings. The summed E-state index contributed by atoms with van der Waals surface area (Å²) >= 11 is 0. The Hall–Kier alpha value is -1.39. The van der Waals surface area contributed by atoms with E-state index in [4.69, 9.17) is 4.74 Å². The topological polar surface area (TPSA) is 41.6 Å². The lowest BCUT2D eigenvalue weighted by atomic mass is 9.63. The zero-order valence-electron chi connectivity index (χ0n) is 16.5. The Balaban J connectivity index is 1.32. The maximum absolute atomic E-state index is 13.5. The third-order valence-electron chi connectivity index (χ3n) is 8.22. The SMILES string of the molecule is CC12CC3CC(c4ccccc4)(C1)CC2(C(=O)NCCN1CCOCC1)C3. The Morgan fingerprint density at radius 2 is 1.93 bits per heavy atom. The molecule has 4 heteroatoms. The number of morpholine rings is 1. The van der Waals surface area contributed by atoms with E-state index in [-0.39, 0.29) is 16.2 Å². The van der Waals surface area contributed by atoms with Crippen molar-refractivity contribution in [3.8, 4) is 0 Å². The molecule has 0 radical (unpaired) electrons. The van der Waals surface area contributed by atoms with Crippen molar-refractivity contribution >= 4 is 5.91 Å². The smallest absolute Gasteiger partial charge is 0.226 e. The van der Waals surface area contributed by atoms with E-state index in [2.05, 4.69) is 47.5 Å². The molecule has 1 N–H and O–H groups in total. The summed E-state index contributed by atoms with van der Waals surface area (Å²) in [6.07, 6.45) is 5.83. The number of benzene rings is 1. The highest BCUT2D eigenvalue weighted by molar-refractivity contribution is 5.85. The van der Waals surface area contributed by atoms with Gasteiger partial charge < -0.3 is 10.1 Å². The molecule has 1 aliphatic heterocycles. The van der Waals surface area contributed by atoms with Crippen molar-refractivity contribution in [2.45, 2.75) is 44.4 Å². The van der Waals surface area contributed by atoms with Crippen molar-refractivity contribution in [1.82, 2.24) is 10.2 Å². The molecule has 146 valence electrons. The van der Waals surface area contributed by atoms with Crippen LogP contribution in [0.5, 0.6) is 0 Å². The van der Waals surface area contributed by atoms with Crippen molar-refractivity contribution in [3.63, 3.8) is 0 Å². The Kier molecular flexibility index (Phi) is 4.14. The first-order chi connectivity index (χ1) is 13.1. The van der Waals surface area contributed by atoms with Crippen molar-refractivity contribution in [2.75, 3.05) is 39.4 Å². The van der Waals surface area contributed by atoms with Crippen molar-refractivity contribution in [1.29, 1.82) is 0 Å². The summed E-state index contributed by atoms with van der Waals surface area (Å²) in [6, 6.07) is 11.0. The van der Waals surface area contributed by atoms with E-state index in [0.29, 0.717) is 11.8 Å². The Morgan fingerprint density at radius 3 is 2.70 bits per heavy atom. The number of hydrogen-bond donors (Lipinski definition) is 1.